The highest BCUT2D eigenvalue weighted by Gasteiger charge is 1.95. The minimum atomic E-state index is -0.122. The van der Waals surface area contributed by atoms with Crippen molar-refractivity contribution in [2.45, 2.75) is 13.8 Å². The normalized spacial score (nSPS) is 14.2. The highest BCUT2D eigenvalue weighted by molar-refractivity contribution is 5.37. The molecule has 1 aromatic rings. The summed E-state index contributed by atoms with van der Waals surface area (Å²) in [6, 6.07) is -0.256. The first-order chi connectivity index (χ1) is 5.46. The van der Waals surface area contributed by atoms with Gasteiger partial charge in [-0.25, -0.2) is 0 Å². The van der Waals surface area contributed by atoms with Gasteiger partial charge in [-0.05, 0) is 25.0 Å². The van der Waals surface area contributed by atoms with Crippen molar-refractivity contribution in [1.82, 2.24) is 0 Å². The van der Waals surface area contributed by atoms with Gasteiger partial charge in [0, 0.05) is 0 Å². The smallest absolute Gasteiger partial charge is 0.121 e. The van der Waals surface area contributed by atoms with Gasteiger partial charge >= 0.3 is 0 Å². The van der Waals surface area contributed by atoms with Crippen LogP contribution < -0.4 is 0 Å². The fourth-order valence-corrected chi connectivity index (χ4v) is 0.618. The molecule has 0 fully saturated rings. The van der Waals surface area contributed by atoms with Gasteiger partial charge < -0.3 is 5.11 Å². The van der Waals surface area contributed by atoms with Crippen LogP contribution in [0.2, 0.25) is 0 Å². The van der Waals surface area contributed by atoms with Crippen LogP contribution in [0.3, 0.4) is 0 Å². The second-order valence-corrected chi connectivity index (χ2v) is 1.97. The Morgan fingerprint density at radius 1 is 1.33 bits per heavy atom. The van der Waals surface area contributed by atoms with Crippen molar-refractivity contribution < 1.29 is 9.22 Å². The Balaban J connectivity index is 3.60. The topological polar surface area (TPSA) is 20.2 Å². The lowest BCUT2D eigenvalue weighted by Crippen LogP contribution is -1.76. The lowest BCUT2D eigenvalue weighted by Gasteiger charge is -1.99. The zero-order valence-corrected chi connectivity index (χ0v) is 5.45. The standard InChI is InChI=1S/C8H10O/c1-6-4-3-5-7(2)8(6)9/h3-5,9H,1-2H3/i3D,4D,5D. The van der Waals surface area contributed by atoms with E-state index in [2.05, 4.69) is 0 Å². The van der Waals surface area contributed by atoms with Crippen molar-refractivity contribution in [1.29, 1.82) is 0 Å². The van der Waals surface area contributed by atoms with Crippen LogP contribution in [0, 0.1) is 13.8 Å². The summed E-state index contributed by atoms with van der Waals surface area (Å²) in [4.78, 5) is 0. The minimum Gasteiger partial charge on any atom is -0.507 e. The van der Waals surface area contributed by atoms with Crippen LogP contribution >= 0.6 is 0 Å². The van der Waals surface area contributed by atoms with Crippen LogP contribution in [0.25, 0.3) is 0 Å². The molecule has 0 bridgehead atoms. The zero-order valence-electron chi connectivity index (χ0n) is 8.45. The number of benzene rings is 1. The lowest BCUT2D eigenvalue weighted by atomic mass is 10.1. The number of phenols is 1. The lowest BCUT2D eigenvalue weighted by molar-refractivity contribution is 0.467. The molecule has 1 rings (SSSR count). The van der Waals surface area contributed by atoms with E-state index >= 15 is 0 Å². The first-order valence-corrected chi connectivity index (χ1v) is 2.72. The van der Waals surface area contributed by atoms with E-state index in [0.29, 0.717) is 11.1 Å². The van der Waals surface area contributed by atoms with Crippen molar-refractivity contribution in [3.8, 4) is 5.75 Å². The average molecular weight is 125 g/mol. The Bertz CT molecular complexity index is 229. The van der Waals surface area contributed by atoms with E-state index in [4.69, 9.17) is 4.11 Å². The second-order valence-electron chi connectivity index (χ2n) is 1.97. The third-order valence-electron chi connectivity index (χ3n) is 1.21. The molecule has 0 spiro atoms. The summed E-state index contributed by atoms with van der Waals surface area (Å²) in [5.74, 6) is -0.0407. The number of hydrogen-bond acceptors (Lipinski definition) is 1. The number of para-hydroxylation sites is 1. The Morgan fingerprint density at radius 3 is 2.22 bits per heavy atom. The predicted molar refractivity (Wildman–Crippen MR) is 37.6 cm³/mol. The molecule has 1 heteroatoms. The number of phenolic OH excluding ortho intramolecular Hbond substituents is 1. The molecule has 0 radical (unpaired) electrons. The largest absolute Gasteiger partial charge is 0.507 e. The molecular weight excluding hydrogens is 112 g/mol. The molecule has 0 unspecified atom stereocenters. The molecule has 1 N–H and O–H groups in total. The Kier molecular flexibility index (Phi) is 0.758. The number of aromatic hydroxyl groups is 1. The molecule has 0 amide bonds. The van der Waals surface area contributed by atoms with Crippen molar-refractivity contribution in [3.05, 3.63) is 29.3 Å². The highest BCUT2D eigenvalue weighted by atomic mass is 16.3. The molecule has 48 valence electrons. The molecular formula is C8H10O. The van der Waals surface area contributed by atoms with E-state index in [0.717, 1.165) is 0 Å². The van der Waals surface area contributed by atoms with Crippen LogP contribution in [0.5, 0.6) is 5.75 Å². The highest BCUT2D eigenvalue weighted by Crippen LogP contribution is 2.19. The van der Waals surface area contributed by atoms with E-state index in [-0.39, 0.29) is 23.9 Å². The molecule has 0 aliphatic carbocycles. The van der Waals surface area contributed by atoms with Crippen LogP contribution in [0.1, 0.15) is 15.2 Å². The summed E-state index contributed by atoms with van der Waals surface area (Å²) in [6.07, 6.45) is 0. The summed E-state index contributed by atoms with van der Waals surface area (Å²) < 4.78 is 22.0. The third kappa shape index (κ3) is 1.04. The van der Waals surface area contributed by atoms with Gasteiger partial charge in [0.1, 0.15) is 5.75 Å². The fourth-order valence-electron chi connectivity index (χ4n) is 0.618. The van der Waals surface area contributed by atoms with Gasteiger partial charge in [-0.2, -0.15) is 0 Å². The molecule has 0 atom stereocenters. The first kappa shape index (κ1) is 3.25. The van der Waals surface area contributed by atoms with Crippen LogP contribution in [0.15, 0.2) is 18.1 Å². The zero-order chi connectivity index (χ0) is 9.46. The second kappa shape index (κ2) is 2.09. The summed E-state index contributed by atoms with van der Waals surface area (Å²) in [7, 11) is 0. The summed E-state index contributed by atoms with van der Waals surface area (Å²) in [6.45, 7) is 3.14. The van der Waals surface area contributed by atoms with E-state index in [9.17, 15) is 5.11 Å². The molecule has 0 saturated carbocycles. The predicted octanol–water partition coefficient (Wildman–Crippen LogP) is 2.01. The van der Waals surface area contributed by atoms with Gasteiger partial charge in [0.15, 0.2) is 0 Å². The molecule has 1 nitrogen and oxygen atoms in total. The van der Waals surface area contributed by atoms with Gasteiger partial charge in [-0.3, -0.25) is 0 Å². The van der Waals surface area contributed by atoms with Crippen molar-refractivity contribution in [2.75, 3.05) is 0 Å². The maximum absolute atomic E-state index is 9.37. The summed E-state index contributed by atoms with van der Waals surface area (Å²) >= 11 is 0. The number of hydrogen-bond donors (Lipinski definition) is 1. The SMILES string of the molecule is [2H]c1c([2H])c(C)c(O)c(C)c1[2H]. The van der Waals surface area contributed by atoms with Gasteiger partial charge in [-0.1, -0.05) is 18.1 Å². The van der Waals surface area contributed by atoms with E-state index in [1.807, 2.05) is 0 Å². The van der Waals surface area contributed by atoms with Crippen molar-refractivity contribution >= 4 is 0 Å². The molecule has 0 heterocycles. The van der Waals surface area contributed by atoms with E-state index in [1.165, 1.54) is 0 Å². The summed E-state index contributed by atoms with van der Waals surface area (Å²) in [5.41, 5.74) is 0.738. The molecule has 0 aliphatic rings. The Hall–Kier alpha value is -0.980. The summed E-state index contributed by atoms with van der Waals surface area (Å²) in [5, 5.41) is 9.37. The van der Waals surface area contributed by atoms with Crippen LogP contribution in [0.4, 0.5) is 0 Å². The van der Waals surface area contributed by atoms with E-state index in [1.54, 1.807) is 13.8 Å². The van der Waals surface area contributed by atoms with Gasteiger partial charge in [0.2, 0.25) is 0 Å². The molecule has 0 aliphatic heterocycles. The first-order valence-electron chi connectivity index (χ1n) is 4.22. The average Bonchev–Trinajstić information content (AvgIpc) is 2.08. The molecule has 0 saturated heterocycles. The molecule has 0 aromatic heterocycles. The monoisotopic (exact) mass is 125 g/mol. The minimum absolute atomic E-state index is 0.0407. The Morgan fingerprint density at radius 2 is 1.78 bits per heavy atom. The van der Waals surface area contributed by atoms with Gasteiger partial charge in [0.25, 0.3) is 0 Å². The van der Waals surface area contributed by atoms with Gasteiger partial charge in [-0.15, -0.1) is 0 Å². The Labute approximate surface area is 59.2 Å². The van der Waals surface area contributed by atoms with Crippen molar-refractivity contribution in [3.63, 3.8) is 0 Å². The van der Waals surface area contributed by atoms with Crippen LogP contribution in [-0.4, -0.2) is 5.11 Å². The van der Waals surface area contributed by atoms with E-state index < -0.39 is 0 Å². The third-order valence-corrected chi connectivity index (χ3v) is 1.21. The quantitative estimate of drug-likeness (QED) is 0.562. The maximum Gasteiger partial charge on any atom is 0.121 e. The fraction of sp³-hybridized carbons (Fsp3) is 0.250. The molecule has 9 heavy (non-hydrogen) atoms. The van der Waals surface area contributed by atoms with Gasteiger partial charge in [0.05, 0.1) is 4.11 Å². The molecule has 1 aromatic carbocycles. The van der Waals surface area contributed by atoms with Crippen molar-refractivity contribution in [2.24, 2.45) is 0 Å². The van der Waals surface area contributed by atoms with Crippen LogP contribution in [-0.2, 0) is 0 Å². The maximum atomic E-state index is 9.37. The number of rotatable bonds is 0.